The molecule has 1 N–H and O–H groups in total. The van der Waals surface area contributed by atoms with E-state index in [1.807, 2.05) is 0 Å². The predicted octanol–water partition coefficient (Wildman–Crippen LogP) is 2.78. The van der Waals surface area contributed by atoms with Crippen molar-refractivity contribution < 1.29 is 4.39 Å². The van der Waals surface area contributed by atoms with Gasteiger partial charge in [0.15, 0.2) is 0 Å². The van der Waals surface area contributed by atoms with Crippen LogP contribution < -0.4 is 5.43 Å². The molecule has 0 atom stereocenters. The minimum absolute atomic E-state index is 0.237. The van der Waals surface area contributed by atoms with Crippen LogP contribution in [0.3, 0.4) is 0 Å². The summed E-state index contributed by atoms with van der Waals surface area (Å²) in [5.41, 5.74) is 4.71. The number of anilines is 1. The van der Waals surface area contributed by atoms with Gasteiger partial charge < -0.3 is 0 Å². The van der Waals surface area contributed by atoms with Gasteiger partial charge in [0, 0.05) is 5.71 Å². The molecule has 0 radical (unpaired) electrons. The summed E-state index contributed by atoms with van der Waals surface area (Å²) in [6, 6.07) is 6.31. The van der Waals surface area contributed by atoms with Crippen LogP contribution in [0.1, 0.15) is 19.3 Å². The van der Waals surface area contributed by atoms with E-state index in [1.54, 1.807) is 12.1 Å². The van der Waals surface area contributed by atoms with E-state index in [4.69, 9.17) is 0 Å². The van der Waals surface area contributed by atoms with Crippen LogP contribution in [0.15, 0.2) is 29.4 Å². The van der Waals surface area contributed by atoms with Crippen LogP contribution in [0, 0.1) is 5.82 Å². The highest BCUT2D eigenvalue weighted by Gasteiger charge is 2.09. The number of rotatable bonds is 2. The van der Waals surface area contributed by atoms with Crippen LogP contribution in [0.4, 0.5) is 10.1 Å². The average molecular weight is 178 g/mol. The maximum atomic E-state index is 12.7. The largest absolute Gasteiger partial charge is 0.278 e. The third-order valence-electron chi connectivity index (χ3n) is 2.10. The third kappa shape index (κ3) is 2.05. The maximum absolute atomic E-state index is 12.7. The molecule has 1 aliphatic rings. The molecule has 0 saturated heterocycles. The lowest BCUT2D eigenvalue weighted by atomic mass is 9.98. The standard InChI is InChI=1S/C10H11FN2/c11-8-3-1-6-10(7-8)13-12-9-4-2-5-9/h1,3,6-7,13H,2,4-5H2. The van der Waals surface area contributed by atoms with Crippen LogP contribution in [0.5, 0.6) is 0 Å². The SMILES string of the molecule is Fc1cccc(NN=C2CCC2)c1. The molecule has 0 aliphatic heterocycles. The van der Waals surface area contributed by atoms with Crippen LogP contribution in [-0.4, -0.2) is 5.71 Å². The molecule has 2 nitrogen and oxygen atoms in total. The molecule has 0 spiro atoms. The van der Waals surface area contributed by atoms with Crippen molar-refractivity contribution in [3.8, 4) is 0 Å². The molecule has 3 heteroatoms. The molecule has 1 saturated carbocycles. The highest BCUT2D eigenvalue weighted by molar-refractivity contribution is 5.89. The van der Waals surface area contributed by atoms with Crippen LogP contribution >= 0.6 is 0 Å². The van der Waals surface area contributed by atoms with Crippen molar-refractivity contribution in [2.75, 3.05) is 5.43 Å². The second-order valence-corrected chi connectivity index (χ2v) is 3.15. The fraction of sp³-hybridized carbons (Fsp3) is 0.300. The van der Waals surface area contributed by atoms with Gasteiger partial charge in [-0.2, -0.15) is 5.10 Å². The first kappa shape index (κ1) is 8.23. The zero-order valence-electron chi connectivity index (χ0n) is 7.26. The Hall–Kier alpha value is -1.38. The number of hydrogen-bond acceptors (Lipinski definition) is 2. The predicted molar refractivity (Wildman–Crippen MR) is 51.3 cm³/mol. The zero-order valence-corrected chi connectivity index (χ0v) is 7.26. The van der Waals surface area contributed by atoms with Gasteiger partial charge in [0.1, 0.15) is 5.82 Å². The number of benzene rings is 1. The summed E-state index contributed by atoms with van der Waals surface area (Å²) in [5.74, 6) is -0.237. The lowest BCUT2D eigenvalue weighted by Crippen LogP contribution is -2.11. The zero-order chi connectivity index (χ0) is 9.10. The molecule has 0 bridgehead atoms. The summed E-state index contributed by atoms with van der Waals surface area (Å²) in [6.07, 6.45) is 3.37. The van der Waals surface area contributed by atoms with Gasteiger partial charge in [-0.15, -0.1) is 0 Å². The molecule has 0 amide bonds. The second kappa shape index (κ2) is 3.56. The Balaban J connectivity index is 2.01. The number of nitrogens with one attached hydrogen (secondary N) is 1. The van der Waals surface area contributed by atoms with Gasteiger partial charge in [-0.3, -0.25) is 5.43 Å². The van der Waals surface area contributed by atoms with E-state index in [9.17, 15) is 4.39 Å². The van der Waals surface area contributed by atoms with Crippen molar-refractivity contribution in [2.24, 2.45) is 5.10 Å². The molecule has 68 valence electrons. The van der Waals surface area contributed by atoms with Crippen LogP contribution in [-0.2, 0) is 0 Å². The first-order valence-corrected chi connectivity index (χ1v) is 4.41. The van der Waals surface area contributed by atoms with Gasteiger partial charge in [-0.25, -0.2) is 4.39 Å². The second-order valence-electron chi connectivity index (χ2n) is 3.15. The van der Waals surface area contributed by atoms with Crippen molar-refractivity contribution in [3.05, 3.63) is 30.1 Å². The van der Waals surface area contributed by atoms with E-state index in [0.717, 1.165) is 12.8 Å². The number of nitrogens with zero attached hydrogens (tertiary/aromatic N) is 1. The molecule has 0 aromatic heterocycles. The molecule has 0 unspecified atom stereocenters. The van der Waals surface area contributed by atoms with Crippen molar-refractivity contribution in [1.29, 1.82) is 0 Å². The van der Waals surface area contributed by atoms with Gasteiger partial charge in [-0.1, -0.05) is 6.07 Å². The number of hydrazone groups is 1. The van der Waals surface area contributed by atoms with Gasteiger partial charge in [-0.05, 0) is 37.5 Å². The van der Waals surface area contributed by atoms with E-state index in [2.05, 4.69) is 10.5 Å². The van der Waals surface area contributed by atoms with Crippen molar-refractivity contribution in [3.63, 3.8) is 0 Å². The van der Waals surface area contributed by atoms with E-state index in [1.165, 1.54) is 24.3 Å². The Bertz CT molecular complexity index is 327. The quantitative estimate of drug-likeness (QED) is 0.692. The first-order valence-electron chi connectivity index (χ1n) is 4.41. The molecule has 1 fully saturated rings. The fourth-order valence-electron chi connectivity index (χ4n) is 1.15. The maximum Gasteiger partial charge on any atom is 0.125 e. The van der Waals surface area contributed by atoms with Crippen molar-refractivity contribution in [1.82, 2.24) is 0 Å². The van der Waals surface area contributed by atoms with E-state index in [-0.39, 0.29) is 5.82 Å². The van der Waals surface area contributed by atoms with Gasteiger partial charge >= 0.3 is 0 Å². The topological polar surface area (TPSA) is 24.4 Å². The Morgan fingerprint density at radius 1 is 1.31 bits per heavy atom. The van der Waals surface area contributed by atoms with E-state index >= 15 is 0 Å². The summed E-state index contributed by atoms with van der Waals surface area (Å²) in [4.78, 5) is 0. The normalized spacial score (nSPS) is 15.0. The number of hydrogen-bond donors (Lipinski definition) is 1. The highest BCUT2D eigenvalue weighted by atomic mass is 19.1. The summed E-state index contributed by atoms with van der Waals surface area (Å²) in [6.45, 7) is 0. The summed E-state index contributed by atoms with van der Waals surface area (Å²) in [7, 11) is 0. The molecule has 0 heterocycles. The van der Waals surface area contributed by atoms with Crippen LogP contribution in [0.25, 0.3) is 0 Å². The average Bonchev–Trinajstić information content (AvgIpc) is 2.01. The van der Waals surface area contributed by atoms with Crippen LogP contribution in [0.2, 0.25) is 0 Å². The van der Waals surface area contributed by atoms with E-state index < -0.39 is 0 Å². The minimum Gasteiger partial charge on any atom is -0.278 e. The smallest absolute Gasteiger partial charge is 0.125 e. The molecule has 1 aliphatic carbocycles. The lowest BCUT2D eigenvalue weighted by Gasteiger charge is -2.14. The van der Waals surface area contributed by atoms with Gasteiger partial charge in [0.2, 0.25) is 0 Å². The fourth-order valence-corrected chi connectivity index (χ4v) is 1.15. The Labute approximate surface area is 76.5 Å². The van der Waals surface area contributed by atoms with E-state index in [0.29, 0.717) is 5.69 Å². The van der Waals surface area contributed by atoms with Gasteiger partial charge in [0.25, 0.3) is 0 Å². The molecular weight excluding hydrogens is 167 g/mol. The Kier molecular flexibility index (Phi) is 2.25. The summed E-state index contributed by atoms with van der Waals surface area (Å²) < 4.78 is 12.7. The Morgan fingerprint density at radius 2 is 2.15 bits per heavy atom. The Morgan fingerprint density at radius 3 is 2.77 bits per heavy atom. The summed E-state index contributed by atoms with van der Waals surface area (Å²) in [5, 5.41) is 4.14. The number of halogens is 1. The van der Waals surface area contributed by atoms with Gasteiger partial charge in [0.05, 0.1) is 5.69 Å². The molecule has 1 aromatic rings. The highest BCUT2D eigenvalue weighted by Crippen LogP contribution is 2.15. The first-order chi connectivity index (χ1) is 6.34. The van der Waals surface area contributed by atoms with Crippen molar-refractivity contribution >= 4 is 11.4 Å². The molecular formula is C10H11FN2. The lowest BCUT2D eigenvalue weighted by molar-refractivity contribution is 0.628. The summed E-state index contributed by atoms with van der Waals surface area (Å²) >= 11 is 0. The molecule has 2 rings (SSSR count). The third-order valence-corrected chi connectivity index (χ3v) is 2.10. The monoisotopic (exact) mass is 178 g/mol. The molecule has 13 heavy (non-hydrogen) atoms. The minimum atomic E-state index is -0.237. The van der Waals surface area contributed by atoms with Crippen molar-refractivity contribution in [2.45, 2.75) is 19.3 Å². The molecule has 1 aromatic carbocycles.